The maximum Gasteiger partial charge on any atom is 0.272 e. The quantitative estimate of drug-likeness (QED) is 0.230. The number of carbonyl (C=O) groups is 2. The number of ether oxygens (including phenoxy) is 1. The van der Waals surface area contributed by atoms with Crippen molar-refractivity contribution in [2.75, 3.05) is 18.2 Å². The number of amides is 1. The fraction of sp³-hybridized carbons (Fsp3) is 0.0645. The van der Waals surface area contributed by atoms with Crippen molar-refractivity contribution in [1.29, 1.82) is 0 Å². The van der Waals surface area contributed by atoms with Gasteiger partial charge >= 0.3 is 0 Å². The molecule has 0 aliphatic rings. The number of aldehydes is 1. The van der Waals surface area contributed by atoms with Crippen molar-refractivity contribution >= 4 is 56.0 Å². The number of aromatic nitrogens is 2. The molecule has 3 heterocycles. The summed E-state index contributed by atoms with van der Waals surface area (Å²) in [6.07, 6.45) is 2.58. The number of hydrogen-bond acceptors (Lipinski definition) is 6. The summed E-state index contributed by atoms with van der Waals surface area (Å²) in [5.74, 6) is 0.723. The molecular formula is C31H24N4O3S. The number of fused-ring (bicyclic) bond motifs is 2. The highest BCUT2D eigenvalue weighted by Gasteiger charge is 2.19. The number of anilines is 2. The Kier molecular flexibility index (Phi) is 6.09. The third-order valence-electron chi connectivity index (χ3n) is 6.90. The molecule has 3 N–H and O–H groups in total. The Morgan fingerprint density at radius 1 is 1.03 bits per heavy atom. The predicted octanol–water partition coefficient (Wildman–Crippen LogP) is 6.78. The van der Waals surface area contributed by atoms with Gasteiger partial charge in [0.15, 0.2) is 0 Å². The number of nitrogens with two attached hydrogens (primary N) is 1. The van der Waals surface area contributed by atoms with Gasteiger partial charge in [-0.15, -0.1) is 11.3 Å². The summed E-state index contributed by atoms with van der Waals surface area (Å²) in [6.45, 7) is 0. The lowest BCUT2D eigenvalue weighted by molar-refractivity contribution is 0.101. The van der Waals surface area contributed by atoms with E-state index in [9.17, 15) is 9.59 Å². The van der Waals surface area contributed by atoms with Crippen LogP contribution in [0.3, 0.4) is 0 Å². The third-order valence-corrected chi connectivity index (χ3v) is 7.92. The zero-order valence-electron chi connectivity index (χ0n) is 21.3. The van der Waals surface area contributed by atoms with Crippen LogP contribution in [0.15, 0.2) is 84.4 Å². The van der Waals surface area contributed by atoms with Crippen molar-refractivity contribution < 1.29 is 14.3 Å². The molecule has 0 aliphatic heterocycles. The Morgan fingerprint density at radius 3 is 2.64 bits per heavy atom. The third kappa shape index (κ3) is 4.20. The van der Waals surface area contributed by atoms with Gasteiger partial charge < -0.3 is 20.4 Å². The highest BCUT2D eigenvalue weighted by Crippen LogP contribution is 2.43. The molecule has 192 valence electrons. The molecule has 0 saturated heterocycles. The topological polar surface area (TPSA) is 99.2 Å². The Hall–Kier alpha value is -4.95. The van der Waals surface area contributed by atoms with Gasteiger partial charge in [0.05, 0.1) is 12.8 Å². The van der Waals surface area contributed by atoms with E-state index >= 15 is 0 Å². The number of aryl methyl sites for hydroxylation is 1. The fourth-order valence-electron chi connectivity index (χ4n) is 4.92. The van der Waals surface area contributed by atoms with Gasteiger partial charge in [0, 0.05) is 50.9 Å². The van der Waals surface area contributed by atoms with E-state index in [1.165, 1.54) is 0 Å². The van der Waals surface area contributed by atoms with Crippen LogP contribution in [-0.4, -0.2) is 28.9 Å². The molecule has 6 rings (SSSR count). The molecule has 0 fully saturated rings. The maximum atomic E-state index is 13.2. The predicted molar refractivity (Wildman–Crippen MR) is 158 cm³/mol. The summed E-state index contributed by atoms with van der Waals surface area (Å²) in [5, 5.41) is 6.87. The molecule has 39 heavy (non-hydrogen) atoms. The molecule has 1 amide bonds. The summed E-state index contributed by atoms with van der Waals surface area (Å²) < 4.78 is 8.53. The average Bonchev–Trinajstić information content (AvgIpc) is 3.56. The maximum absolute atomic E-state index is 13.2. The number of methoxy groups -OCH3 is 1. The van der Waals surface area contributed by atoms with E-state index in [1.807, 2.05) is 83.7 Å². The molecule has 0 spiro atoms. The number of para-hydroxylation sites is 1. The minimum atomic E-state index is -0.226. The lowest BCUT2D eigenvalue weighted by atomic mass is 10.00. The molecule has 0 unspecified atom stereocenters. The number of rotatable bonds is 6. The number of thiophene rings is 1. The second-order valence-corrected chi connectivity index (χ2v) is 10.1. The van der Waals surface area contributed by atoms with E-state index in [0.717, 1.165) is 49.5 Å². The number of nitrogens with zero attached hydrogens (tertiary/aromatic N) is 2. The number of benzene rings is 3. The summed E-state index contributed by atoms with van der Waals surface area (Å²) in [5.41, 5.74) is 12.7. The molecule has 0 saturated carbocycles. The van der Waals surface area contributed by atoms with Crippen molar-refractivity contribution in [2.24, 2.45) is 7.05 Å². The Bertz CT molecular complexity index is 1900. The molecule has 0 bridgehead atoms. The van der Waals surface area contributed by atoms with Crippen LogP contribution in [-0.2, 0) is 7.05 Å². The van der Waals surface area contributed by atoms with Crippen LogP contribution in [0.25, 0.3) is 43.2 Å². The van der Waals surface area contributed by atoms with Crippen LogP contribution in [0.4, 0.5) is 11.5 Å². The second-order valence-electron chi connectivity index (χ2n) is 9.17. The van der Waals surface area contributed by atoms with Gasteiger partial charge in [-0.1, -0.05) is 42.5 Å². The first-order valence-electron chi connectivity index (χ1n) is 12.2. The Balaban J connectivity index is 1.37. The van der Waals surface area contributed by atoms with E-state index in [-0.39, 0.29) is 5.91 Å². The first-order valence-corrected chi connectivity index (χ1v) is 13.1. The lowest BCUT2D eigenvalue weighted by Crippen LogP contribution is -2.16. The molecule has 7 nitrogen and oxygen atoms in total. The van der Waals surface area contributed by atoms with Crippen LogP contribution in [0.2, 0.25) is 0 Å². The normalized spacial score (nSPS) is 11.1. The minimum absolute atomic E-state index is 0.226. The van der Waals surface area contributed by atoms with Gasteiger partial charge in [0.1, 0.15) is 23.5 Å². The number of nitrogen functional groups attached to an aromatic ring is 1. The van der Waals surface area contributed by atoms with E-state index in [0.29, 0.717) is 28.5 Å². The Labute approximate surface area is 228 Å². The van der Waals surface area contributed by atoms with E-state index < -0.39 is 0 Å². The zero-order valence-corrected chi connectivity index (χ0v) is 22.1. The van der Waals surface area contributed by atoms with E-state index in [2.05, 4.69) is 10.3 Å². The second kappa shape index (κ2) is 9.74. The SMILES string of the molecule is COc1cc(-c2csc3c(-c4cccc(C=O)c4)cnc(N)c23)ccc1NC(=O)c1cc2ccccc2n1C. The average molecular weight is 533 g/mol. The van der Waals surface area contributed by atoms with Gasteiger partial charge in [-0.3, -0.25) is 9.59 Å². The first-order chi connectivity index (χ1) is 19.0. The zero-order chi connectivity index (χ0) is 27.1. The molecule has 0 atom stereocenters. The highest BCUT2D eigenvalue weighted by atomic mass is 32.1. The van der Waals surface area contributed by atoms with Gasteiger partial charge in [0.2, 0.25) is 0 Å². The first kappa shape index (κ1) is 24.4. The molecule has 3 aromatic heterocycles. The van der Waals surface area contributed by atoms with E-state index in [4.69, 9.17) is 10.5 Å². The summed E-state index contributed by atoms with van der Waals surface area (Å²) in [6, 6.07) is 22.8. The van der Waals surface area contributed by atoms with Crippen molar-refractivity contribution in [3.05, 3.63) is 95.6 Å². The van der Waals surface area contributed by atoms with Crippen LogP contribution in [0.5, 0.6) is 5.75 Å². The number of hydrogen-bond donors (Lipinski definition) is 2. The smallest absolute Gasteiger partial charge is 0.272 e. The number of pyridine rings is 1. The lowest BCUT2D eigenvalue weighted by Gasteiger charge is -2.13. The van der Waals surface area contributed by atoms with Gasteiger partial charge in [0.25, 0.3) is 5.91 Å². The van der Waals surface area contributed by atoms with Crippen LogP contribution >= 0.6 is 11.3 Å². The van der Waals surface area contributed by atoms with Gasteiger partial charge in [-0.05, 0) is 46.8 Å². The van der Waals surface area contributed by atoms with Crippen molar-refractivity contribution in [3.8, 4) is 28.0 Å². The number of carbonyl (C=O) groups excluding carboxylic acids is 2. The van der Waals surface area contributed by atoms with Crippen LogP contribution < -0.4 is 15.8 Å². The largest absolute Gasteiger partial charge is 0.495 e. The number of nitrogens with one attached hydrogen (secondary N) is 1. The molecular weight excluding hydrogens is 508 g/mol. The molecule has 0 aliphatic carbocycles. The van der Waals surface area contributed by atoms with Gasteiger partial charge in [-0.2, -0.15) is 0 Å². The summed E-state index contributed by atoms with van der Waals surface area (Å²) >= 11 is 1.57. The molecule has 3 aromatic carbocycles. The summed E-state index contributed by atoms with van der Waals surface area (Å²) in [7, 11) is 3.45. The molecule has 8 heteroatoms. The fourth-order valence-corrected chi connectivity index (χ4v) is 6.04. The highest BCUT2D eigenvalue weighted by molar-refractivity contribution is 7.18. The van der Waals surface area contributed by atoms with Crippen molar-refractivity contribution in [2.45, 2.75) is 0 Å². The van der Waals surface area contributed by atoms with Crippen molar-refractivity contribution in [3.63, 3.8) is 0 Å². The van der Waals surface area contributed by atoms with Gasteiger partial charge in [-0.25, -0.2) is 4.98 Å². The monoisotopic (exact) mass is 532 g/mol. The summed E-state index contributed by atoms with van der Waals surface area (Å²) in [4.78, 5) is 29.0. The Morgan fingerprint density at radius 2 is 1.85 bits per heavy atom. The minimum Gasteiger partial charge on any atom is -0.495 e. The standard InChI is InChI=1S/C31H24N4O3S/c1-35-25-9-4-3-7-21(25)13-26(35)31(37)34-24-11-10-20(14-27(24)38-2)23-17-39-29-22(15-33-30(32)28(23)29)19-8-5-6-18(12-19)16-36/h3-17H,1-2H3,(H2,32,33)(H,34,37). The van der Waals surface area contributed by atoms with Crippen molar-refractivity contribution in [1.82, 2.24) is 9.55 Å². The van der Waals surface area contributed by atoms with Crippen LogP contribution in [0, 0.1) is 0 Å². The van der Waals surface area contributed by atoms with Crippen LogP contribution in [0.1, 0.15) is 20.8 Å². The molecule has 6 aromatic rings. The van der Waals surface area contributed by atoms with E-state index in [1.54, 1.807) is 30.7 Å². The molecule has 0 radical (unpaired) electrons.